The molecule has 14 heteroatoms. The molecule has 0 rings (SSSR count). The van der Waals surface area contributed by atoms with Crippen molar-refractivity contribution in [1.29, 1.82) is 0 Å². The summed E-state index contributed by atoms with van der Waals surface area (Å²) in [6.07, 6.45) is -1.29. The number of aliphatic carboxylic acids is 2. The van der Waals surface area contributed by atoms with Gasteiger partial charge in [0.2, 0.25) is 23.6 Å². The third kappa shape index (κ3) is 10.6. The fourth-order valence-electron chi connectivity index (χ4n) is 2.24. The van der Waals surface area contributed by atoms with Crippen molar-refractivity contribution in [1.82, 2.24) is 16.0 Å². The van der Waals surface area contributed by atoms with E-state index in [2.05, 4.69) is 23.3 Å². The molecule has 9 N–H and O–H groups in total. The van der Waals surface area contributed by atoms with Crippen molar-refractivity contribution < 1.29 is 39.0 Å². The summed E-state index contributed by atoms with van der Waals surface area (Å²) in [6.45, 7) is 3.39. The van der Waals surface area contributed by atoms with Gasteiger partial charge in [0.25, 0.3) is 0 Å². The Hall–Kier alpha value is -2.87. The summed E-state index contributed by atoms with van der Waals surface area (Å²) in [5, 5.41) is 24.5. The second-order valence-electron chi connectivity index (χ2n) is 7.08. The largest absolute Gasteiger partial charge is 0.481 e. The SMILES string of the molecule is CC(C)C(N)C(=O)NC(CCC(N)=O)C(=O)NC(CS)C(=O)NC(CC(=O)O)C(=O)O. The molecular weight excluding hydrogens is 434 g/mol. The smallest absolute Gasteiger partial charge is 0.326 e. The van der Waals surface area contributed by atoms with E-state index in [0.29, 0.717) is 0 Å². The first-order chi connectivity index (χ1) is 14.3. The molecule has 0 aliphatic rings. The molecule has 0 saturated carbocycles. The zero-order chi connectivity index (χ0) is 24.3. The van der Waals surface area contributed by atoms with Gasteiger partial charge in [-0.3, -0.25) is 24.0 Å². The molecule has 0 aromatic heterocycles. The van der Waals surface area contributed by atoms with E-state index in [-0.39, 0.29) is 24.5 Å². The van der Waals surface area contributed by atoms with Gasteiger partial charge in [-0.1, -0.05) is 13.8 Å². The molecule has 0 aliphatic carbocycles. The zero-order valence-electron chi connectivity index (χ0n) is 17.2. The minimum absolute atomic E-state index is 0.171. The highest BCUT2D eigenvalue weighted by Gasteiger charge is 2.31. The summed E-state index contributed by atoms with van der Waals surface area (Å²) < 4.78 is 0. The predicted octanol–water partition coefficient (Wildman–Crippen LogP) is -2.82. The molecule has 0 spiro atoms. The Balaban J connectivity index is 5.32. The fourth-order valence-corrected chi connectivity index (χ4v) is 2.50. The van der Waals surface area contributed by atoms with Gasteiger partial charge >= 0.3 is 11.9 Å². The van der Waals surface area contributed by atoms with Crippen LogP contribution in [0, 0.1) is 5.92 Å². The van der Waals surface area contributed by atoms with Crippen molar-refractivity contribution >= 4 is 48.2 Å². The number of amides is 4. The number of carbonyl (C=O) groups excluding carboxylic acids is 4. The zero-order valence-corrected chi connectivity index (χ0v) is 18.1. The summed E-state index contributed by atoms with van der Waals surface area (Å²) in [7, 11) is 0. The maximum absolute atomic E-state index is 12.6. The molecule has 0 aromatic carbocycles. The molecule has 4 unspecified atom stereocenters. The van der Waals surface area contributed by atoms with Crippen LogP contribution in [-0.2, 0) is 28.8 Å². The molecule has 0 bridgehead atoms. The monoisotopic (exact) mass is 463 g/mol. The lowest BCUT2D eigenvalue weighted by Gasteiger charge is -2.24. The van der Waals surface area contributed by atoms with Gasteiger partial charge in [-0.15, -0.1) is 0 Å². The van der Waals surface area contributed by atoms with Crippen LogP contribution in [0.25, 0.3) is 0 Å². The lowest BCUT2D eigenvalue weighted by atomic mass is 10.0. The number of nitrogens with one attached hydrogen (secondary N) is 3. The summed E-state index contributed by atoms with van der Waals surface area (Å²) >= 11 is 3.94. The number of carboxylic acids is 2. The number of rotatable bonds is 14. The summed E-state index contributed by atoms with van der Waals surface area (Å²) in [4.78, 5) is 70.1. The Bertz CT molecular complexity index is 702. The number of nitrogens with two attached hydrogens (primary N) is 2. The lowest BCUT2D eigenvalue weighted by Crippen LogP contribution is -2.58. The van der Waals surface area contributed by atoms with Crippen LogP contribution >= 0.6 is 12.6 Å². The van der Waals surface area contributed by atoms with Gasteiger partial charge in [0.1, 0.15) is 18.1 Å². The molecule has 0 heterocycles. The number of carbonyl (C=O) groups is 6. The molecule has 0 fully saturated rings. The Morgan fingerprint density at radius 3 is 1.77 bits per heavy atom. The minimum atomic E-state index is -1.72. The van der Waals surface area contributed by atoms with Crippen molar-refractivity contribution in [3.05, 3.63) is 0 Å². The number of hydrogen-bond donors (Lipinski definition) is 8. The van der Waals surface area contributed by atoms with Crippen LogP contribution in [0.4, 0.5) is 0 Å². The topological polar surface area (TPSA) is 231 Å². The van der Waals surface area contributed by atoms with Crippen LogP contribution in [0.5, 0.6) is 0 Å². The average molecular weight is 464 g/mol. The van der Waals surface area contributed by atoms with Crippen LogP contribution < -0.4 is 27.4 Å². The molecule has 176 valence electrons. The van der Waals surface area contributed by atoms with Crippen LogP contribution in [0.2, 0.25) is 0 Å². The van der Waals surface area contributed by atoms with Gasteiger partial charge in [-0.05, 0) is 12.3 Å². The van der Waals surface area contributed by atoms with Gasteiger partial charge < -0.3 is 37.6 Å². The molecule has 0 aliphatic heterocycles. The van der Waals surface area contributed by atoms with Gasteiger partial charge in [0.15, 0.2) is 0 Å². The number of primary amides is 1. The van der Waals surface area contributed by atoms with Crippen LogP contribution in [0.3, 0.4) is 0 Å². The normalized spacial score (nSPS) is 14.6. The van der Waals surface area contributed by atoms with E-state index in [1.54, 1.807) is 13.8 Å². The lowest BCUT2D eigenvalue weighted by molar-refractivity contribution is -0.147. The number of hydrogen-bond acceptors (Lipinski definition) is 8. The summed E-state index contributed by atoms with van der Waals surface area (Å²) in [6, 6.07) is -5.26. The first-order valence-electron chi connectivity index (χ1n) is 9.30. The minimum Gasteiger partial charge on any atom is -0.481 e. The van der Waals surface area contributed by atoms with E-state index in [9.17, 15) is 28.8 Å². The first-order valence-corrected chi connectivity index (χ1v) is 9.93. The molecule has 4 atom stereocenters. The van der Waals surface area contributed by atoms with Crippen molar-refractivity contribution in [2.75, 3.05) is 5.75 Å². The molecule has 4 amide bonds. The summed E-state index contributed by atoms with van der Waals surface area (Å²) in [5.41, 5.74) is 10.8. The maximum atomic E-state index is 12.6. The van der Waals surface area contributed by atoms with Gasteiger partial charge in [0, 0.05) is 12.2 Å². The third-order valence-electron chi connectivity index (χ3n) is 4.14. The Morgan fingerprint density at radius 2 is 1.35 bits per heavy atom. The average Bonchev–Trinajstić information content (AvgIpc) is 2.66. The van der Waals surface area contributed by atoms with Gasteiger partial charge in [-0.25, -0.2) is 4.79 Å². The second-order valence-corrected chi connectivity index (χ2v) is 7.44. The van der Waals surface area contributed by atoms with Crippen LogP contribution in [0.1, 0.15) is 33.1 Å². The van der Waals surface area contributed by atoms with Crippen molar-refractivity contribution in [2.24, 2.45) is 17.4 Å². The Morgan fingerprint density at radius 1 is 0.871 bits per heavy atom. The van der Waals surface area contributed by atoms with E-state index < -0.39 is 66.2 Å². The summed E-state index contributed by atoms with van der Waals surface area (Å²) in [5.74, 6) is -6.75. The van der Waals surface area contributed by atoms with E-state index in [0.717, 1.165) is 0 Å². The highest BCUT2D eigenvalue weighted by molar-refractivity contribution is 7.80. The first kappa shape index (κ1) is 28.1. The van der Waals surface area contributed by atoms with Crippen LogP contribution in [0.15, 0.2) is 0 Å². The molecule has 13 nitrogen and oxygen atoms in total. The van der Waals surface area contributed by atoms with E-state index in [1.807, 2.05) is 5.32 Å². The van der Waals surface area contributed by atoms with Gasteiger partial charge in [-0.2, -0.15) is 12.6 Å². The highest BCUT2D eigenvalue weighted by Crippen LogP contribution is 2.04. The fraction of sp³-hybridized carbons (Fsp3) is 0.647. The number of carboxylic acid groups (broad SMARTS) is 2. The van der Waals surface area contributed by atoms with E-state index >= 15 is 0 Å². The third-order valence-corrected chi connectivity index (χ3v) is 4.51. The predicted molar refractivity (Wildman–Crippen MR) is 111 cm³/mol. The standard InChI is InChI=1S/C17H29N5O8S/c1-7(2)13(19)16(28)20-8(3-4-11(18)23)14(26)22-10(6-31)15(27)21-9(17(29)30)5-12(24)25/h7-10,13,31H,3-6,19H2,1-2H3,(H2,18,23)(H,20,28)(H,21,27)(H,22,26)(H,24,25)(H,29,30). The van der Waals surface area contributed by atoms with Crippen LogP contribution in [-0.4, -0.2) is 75.7 Å². The molecule has 31 heavy (non-hydrogen) atoms. The second kappa shape index (κ2) is 13.4. The maximum Gasteiger partial charge on any atom is 0.326 e. The van der Waals surface area contributed by atoms with Crippen molar-refractivity contribution in [3.8, 4) is 0 Å². The van der Waals surface area contributed by atoms with E-state index in [4.69, 9.17) is 21.7 Å². The van der Waals surface area contributed by atoms with Crippen molar-refractivity contribution in [3.63, 3.8) is 0 Å². The molecular formula is C17H29N5O8S. The molecule has 0 saturated heterocycles. The van der Waals surface area contributed by atoms with E-state index in [1.165, 1.54) is 0 Å². The molecule has 0 radical (unpaired) electrons. The molecule has 0 aromatic rings. The van der Waals surface area contributed by atoms with Gasteiger partial charge in [0.05, 0.1) is 12.5 Å². The quantitative estimate of drug-likeness (QED) is 0.124. The Kier molecular flexibility index (Phi) is 12.2. The number of thiol groups is 1. The Labute approximate surface area is 184 Å². The highest BCUT2D eigenvalue weighted by atomic mass is 32.1. The van der Waals surface area contributed by atoms with Crippen molar-refractivity contribution in [2.45, 2.75) is 57.3 Å².